The largest absolute Gasteiger partial charge is 0.465 e. The standard InChI is InChI=1S/C9H12N2O3/c1-3-4-9(10-8(13)14)5-6-11(2)7(9)12/h1,10H,4-6H2,2H3,(H,13,14)/t9-/m0/s1. The maximum atomic E-state index is 11.7. The Bertz CT molecular complexity index is 308. The Morgan fingerprint density at radius 2 is 2.50 bits per heavy atom. The quantitative estimate of drug-likeness (QED) is 0.605. The van der Waals surface area contributed by atoms with E-state index in [1.54, 1.807) is 7.05 Å². The highest BCUT2D eigenvalue weighted by molar-refractivity contribution is 5.91. The lowest BCUT2D eigenvalue weighted by Crippen LogP contribution is -2.53. The molecule has 0 aromatic heterocycles. The molecule has 1 aliphatic heterocycles. The fourth-order valence-electron chi connectivity index (χ4n) is 1.64. The van der Waals surface area contributed by atoms with Crippen LogP contribution in [-0.4, -0.2) is 41.1 Å². The van der Waals surface area contributed by atoms with Gasteiger partial charge >= 0.3 is 6.09 Å². The lowest BCUT2D eigenvalue weighted by molar-refractivity contribution is -0.131. The predicted molar refractivity (Wildman–Crippen MR) is 49.6 cm³/mol. The number of likely N-dealkylation sites (tertiary alicyclic amines) is 1. The van der Waals surface area contributed by atoms with Gasteiger partial charge in [-0.05, 0) is 6.42 Å². The topological polar surface area (TPSA) is 69.6 Å². The molecular formula is C9H12N2O3. The maximum absolute atomic E-state index is 11.7. The van der Waals surface area contributed by atoms with Crippen LogP contribution in [0.2, 0.25) is 0 Å². The molecule has 5 nitrogen and oxygen atoms in total. The molecule has 0 spiro atoms. The zero-order chi connectivity index (χ0) is 10.8. The fraction of sp³-hybridized carbons (Fsp3) is 0.556. The second-order valence-corrected chi connectivity index (χ2v) is 3.37. The van der Waals surface area contributed by atoms with Crippen molar-refractivity contribution in [1.29, 1.82) is 0 Å². The van der Waals surface area contributed by atoms with E-state index in [4.69, 9.17) is 11.5 Å². The average molecular weight is 196 g/mol. The summed E-state index contributed by atoms with van der Waals surface area (Å²) in [5.41, 5.74) is -1.10. The third kappa shape index (κ3) is 1.64. The van der Waals surface area contributed by atoms with Crippen LogP contribution in [0.5, 0.6) is 0 Å². The molecule has 0 radical (unpaired) electrons. The van der Waals surface area contributed by atoms with Gasteiger partial charge in [-0.15, -0.1) is 12.3 Å². The predicted octanol–water partition coefficient (Wildman–Crippen LogP) is -0.122. The zero-order valence-corrected chi connectivity index (χ0v) is 7.91. The minimum Gasteiger partial charge on any atom is -0.465 e. The molecule has 0 bridgehead atoms. The summed E-state index contributed by atoms with van der Waals surface area (Å²) in [7, 11) is 1.63. The van der Waals surface area contributed by atoms with Gasteiger partial charge < -0.3 is 15.3 Å². The highest BCUT2D eigenvalue weighted by Gasteiger charge is 2.46. The molecule has 5 heteroatoms. The average Bonchev–Trinajstić information content (AvgIpc) is 2.34. The Morgan fingerprint density at radius 3 is 2.86 bits per heavy atom. The first kappa shape index (κ1) is 10.4. The van der Waals surface area contributed by atoms with Crippen molar-refractivity contribution in [2.24, 2.45) is 0 Å². The molecule has 0 aromatic carbocycles. The molecule has 0 saturated carbocycles. The molecule has 14 heavy (non-hydrogen) atoms. The number of terminal acetylenes is 1. The van der Waals surface area contributed by atoms with Crippen LogP contribution in [0.15, 0.2) is 0 Å². The number of carboxylic acid groups (broad SMARTS) is 1. The third-order valence-corrected chi connectivity index (χ3v) is 2.38. The second kappa shape index (κ2) is 3.58. The van der Waals surface area contributed by atoms with Crippen LogP contribution in [0.25, 0.3) is 0 Å². The Hall–Kier alpha value is -1.70. The number of likely N-dealkylation sites (N-methyl/N-ethyl adjacent to an activating group) is 1. The molecule has 1 fully saturated rings. The van der Waals surface area contributed by atoms with Crippen molar-refractivity contribution >= 4 is 12.0 Å². The van der Waals surface area contributed by atoms with Gasteiger partial charge in [0.2, 0.25) is 5.91 Å². The Labute approximate surface area is 82.1 Å². The molecule has 1 heterocycles. The van der Waals surface area contributed by atoms with Gasteiger partial charge in [-0.1, -0.05) is 0 Å². The van der Waals surface area contributed by atoms with Crippen molar-refractivity contribution < 1.29 is 14.7 Å². The zero-order valence-electron chi connectivity index (χ0n) is 7.91. The fourth-order valence-corrected chi connectivity index (χ4v) is 1.64. The molecule has 76 valence electrons. The monoisotopic (exact) mass is 196 g/mol. The first-order chi connectivity index (χ1) is 6.52. The number of rotatable bonds is 2. The van der Waals surface area contributed by atoms with E-state index in [0.717, 1.165) is 0 Å². The Morgan fingerprint density at radius 1 is 1.86 bits per heavy atom. The SMILES string of the molecule is C#CC[C@]1(NC(=O)O)CCN(C)C1=O. The van der Waals surface area contributed by atoms with Gasteiger partial charge in [-0.2, -0.15) is 0 Å². The first-order valence-electron chi connectivity index (χ1n) is 4.22. The number of hydrogen-bond donors (Lipinski definition) is 2. The van der Waals surface area contributed by atoms with Crippen LogP contribution in [-0.2, 0) is 4.79 Å². The van der Waals surface area contributed by atoms with Crippen LogP contribution in [0.3, 0.4) is 0 Å². The molecule has 1 aliphatic rings. The highest BCUT2D eigenvalue weighted by Crippen LogP contribution is 2.24. The maximum Gasteiger partial charge on any atom is 0.405 e. The number of hydrogen-bond acceptors (Lipinski definition) is 2. The van der Waals surface area contributed by atoms with E-state index >= 15 is 0 Å². The van der Waals surface area contributed by atoms with E-state index in [1.165, 1.54) is 4.90 Å². The van der Waals surface area contributed by atoms with Gasteiger partial charge in [0.15, 0.2) is 0 Å². The summed E-state index contributed by atoms with van der Waals surface area (Å²) >= 11 is 0. The molecular weight excluding hydrogens is 184 g/mol. The summed E-state index contributed by atoms with van der Waals surface area (Å²) in [6.07, 6.45) is 4.43. The van der Waals surface area contributed by atoms with E-state index in [-0.39, 0.29) is 12.3 Å². The number of nitrogens with zero attached hydrogens (tertiary/aromatic N) is 1. The molecule has 1 rings (SSSR count). The minimum absolute atomic E-state index is 0.0997. The van der Waals surface area contributed by atoms with Crippen molar-refractivity contribution in [2.45, 2.75) is 18.4 Å². The highest BCUT2D eigenvalue weighted by atomic mass is 16.4. The summed E-state index contributed by atoms with van der Waals surface area (Å²) in [6, 6.07) is 0. The number of nitrogens with one attached hydrogen (secondary N) is 1. The van der Waals surface area contributed by atoms with E-state index in [2.05, 4.69) is 11.2 Å². The molecule has 2 amide bonds. The third-order valence-electron chi connectivity index (χ3n) is 2.38. The molecule has 1 saturated heterocycles. The van der Waals surface area contributed by atoms with Gasteiger partial charge in [0.1, 0.15) is 5.54 Å². The number of amides is 2. The Kier molecular flexibility index (Phi) is 2.65. The van der Waals surface area contributed by atoms with Gasteiger partial charge in [-0.25, -0.2) is 4.79 Å². The molecule has 0 aromatic rings. The van der Waals surface area contributed by atoms with Gasteiger partial charge in [0, 0.05) is 20.0 Å². The van der Waals surface area contributed by atoms with E-state index in [0.29, 0.717) is 13.0 Å². The van der Waals surface area contributed by atoms with Crippen molar-refractivity contribution in [3.63, 3.8) is 0 Å². The van der Waals surface area contributed by atoms with Gasteiger partial charge in [-0.3, -0.25) is 4.79 Å². The molecule has 0 unspecified atom stereocenters. The first-order valence-corrected chi connectivity index (χ1v) is 4.22. The molecule has 2 N–H and O–H groups in total. The molecule has 1 atom stereocenters. The van der Waals surface area contributed by atoms with E-state index < -0.39 is 11.6 Å². The van der Waals surface area contributed by atoms with E-state index in [9.17, 15) is 9.59 Å². The van der Waals surface area contributed by atoms with Crippen LogP contribution in [0, 0.1) is 12.3 Å². The Balaban J connectivity index is 2.89. The summed E-state index contributed by atoms with van der Waals surface area (Å²) in [4.78, 5) is 23.7. The summed E-state index contributed by atoms with van der Waals surface area (Å²) in [5.74, 6) is 2.08. The minimum atomic E-state index is -1.22. The second-order valence-electron chi connectivity index (χ2n) is 3.37. The van der Waals surface area contributed by atoms with Crippen molar-refractivity contribution in [1.82, 2.24) is 10.2 Å². The lowest BCUT2D eigenvalue weighted by Gasteiger charge is -2.24. The number of carbonyl (C=O) groups excluding carboxylic acids is 1. The van der Waals surface area contributed by atoms with E-state index in [1.807, 2.05) is 0 Å². The van der Waals surface area contributed by atoms with Gasteiger partial charge in [0.05, 0.1) is 0 Å². The van der Waals surface area contributed by atoms with Crippen LogP contribution >= 0.6 is 0 Å². The van der Waals surface area contributed by atoms with Gasteiger partial charge in [0.25, 0.3) is 0 Å². The summed E-state index contributed by atoms with van der Waals surface area (Å²) in [5, 5.41) is 10.8. The molecule has 0 aliphatic carbocycles. The van der Waals surface area contributed by atoms with Crippen LogP contribution in [0.4, 0.5) is 4.79 Å². The van der Waals surface area contributed by atoms with Crippen LogP contribution in [0.1, 0.15) is 12.8 Å². The number of carbonyl (C=O) groups is 2. The summed E-state index contributed by atoms with van der Waals surface area (Å²) in [6.45, 7) is 0.529. The van der Waals surface area contributed by atoms with Crippen molar-refractivity contribution in [3.05, 3.63) is 0 Å². The van der Waals surface area contributed by atoms with Crippen LogP contribution < -0.4 is 5.32 Å². The summed E-state index contributed by atoms with van der Waals surface area (Å²) < 4.78 is 0. The van der Waals surface area contributed by atoms with Crippen molar-refractivity contribution in [2.75, 3.05) is 13.6 Å². The normalized spacial score (nSPS) is 26.0. The lowest BCUT2D eigenvalue weighted by atomic mass is 9.94. The smallest absolute Gasteiger partial charge is 0.405 e. The van der Waals surface area contributed by atoms with Crippen molar-refractivity contribution in [3.8, 4) is 12.3 Å².